The molecular weight excluding hydrogens is 488 g/mol. The zero-order chi connectivity index (χ0) is 27.8. The number of hydrogen-bond acceptors (Lipinski definition) is 5. The third-order valence-corrected chi connectivity index (χ3v) is 8.24. The number of hydrogen-bond donors (Lipinski definition) is 2. The van der Waals surface area contributed by atoms with E-state index in [1.807, 2.05) is 0 Å². The molecule has 0 aromatic rings. The van der Waals surface area contributed by atoms with Crippen LogP contribution < -0.4 is 0 Å². The fraction of sp³-hybridized carbons (Fsp3) is 0.867. The van der Waals surface area contributed by atoms with E-state index in [0.717, 1.165) is 50.3 Å². The Kier molecular flexibility index (Phi) is 22.8. The summed E-state index contributed by atoms with van der Waals surface area (Å²) in [6, 6.07) is 0. The molecule has 0 amide bonds. The van der Waals surface area contributed by atoms with E-state index in [1.54, 1.807) is 0 Å². The molecule has 216 valence electrons. The molecule has 0 saturated heterocycles. The molecule has 0 atom stereocenters. The number of Topliss-reactive ketones (excluding diaryl/α,β-unsaturated/α-hetero) is 2. The van der Waals surface area contributed by atoms with Gasteiger partial charge in [0.2, 0.25) is 0 Å². The number of carbonyl (C=O) groups is 4. The van der Waals surface area contributed by atoms with E-state index in [-0.39, 0.29) is 30.8 Å². The van der Waals surface area contributed by atoms with Gasteiger partial charge in [-0.15, -0.1) is 0 Å². The van der Waals surface area contributed by atoms with Gasteiger partial charge in [-0.05, 0) is 12.8 Å². The second-order valence-corrected chi connectivity index (χ2v) is 11.5. The molecule has 0 aromatic carbocycles. The molecule has 0 radical (unpaired) electrons. The van der Waals surface area contributed by atoms with Gasteiger partial charge in [-0.1, -0.05) is 117 Å². The van der Waals surface area contributed by atoms with Crippen molar-refractivity contribution in [1.82, 2.24) is 0 Å². The third-order valence-electron chi connectivity index (χ3n) is 7.11. The number of aliphatic carboxylic acids is 2. The molecule has 2 N–H and O–H groups in total. The fourth-order valence-electron chi connectivity index (χ4n) is 4.62. The highest BCUT2D eigenvalue weighted by molar-refractivity contribution is 7.99. The molecule has 0 fully saturated rings. The SMILES string of the molecule is CCCCCCCCCCCC(=O)C(CSCCC(=O)O)(C(=O)O)C(=O)CCCCCCCCCCC. The van der Waals surface area contributed by atoms with Gasteiger partial charge in [0.1, 0.15) is 0 Å². The van der Waals surface area contributed by atoms with Crippen molar-refractivity contribution >= 4 is 35.3 Å². The van der Waals surface area contributed by atoms with Crippen LogP contribution in [0.1, 0.15) is 149 Å². The highest BCUT2D eigenvalue weighted by Gasteiger charge is 2.51. The Morgan fingerprint density at radius 2 is 0.892 bits per heavy atom. The first-order valence-electron chi connectivity index (χ1n) is 14.9. The van der Waals surface area contributed by atoms with Gasteiger partial charge in [-0.2, -0.15) is 11.8 Å². The van der Waals surface area contributed by atoms with Gasteiger partial charge in [0.25, 0.3) is 0 Å². The minimum absolute atomic E-state index is 0.0884. The molecule has 37 heavy (non-hydrogen) atoms. The molecule has 0 saturated carbocycles. The van der Waals surface area contributed by atoms with Crippen molar-refractivity contribution in [3.8, 4) is 0 Å². The summed E-state index contributed by atoms with van der Waals surface area (Å²) < 4.78 is 0. The second-order valence-electron chi connectivity index (χ2n) is 10.4. The van der Waals surface area contributed by atoms with Crippen molar-refractivity contribution in [3.05, 3.63) is 0 Å². The van der Waals surface area contributed by atoms with Gasteiger partial charge in [0.05, 0.1) is 6.42 Å². The average molecular weight is 543 g/mol. The summed E-state index contributed by atoms with van der Waals surface area (Å²) in [6.07, 6.45) is 19.5. The minimum atomic E-state index is -2.05. The average Bonchev–Trinajstić information content (AvgIpc) is 2.86. The van der Waals surface area contributed by atoms with E-state index in [2.05, 4.69) is 13.8 Å². The maximum Gasteiger partial charge on any atom is 0.325 e. The summed E-state index contributed by atoms with van der Waals surface area (Å²) >= 11 is 1.08. The number of unbranched alkanes of at least 4 members (excludes halogenated alkanes) is 16. The van der Waals surface area contributed by atoms with Crippen molar-refractivity contribution < 1.29 is 29.4 Å². The van der Waals surface area contributed by atoms with E-state index in [9.17, 15) is 24.3 Å². The smallest absolute Gasteiger partial charge is 0.325 e. The van der Waals surface area contributed by atoms with Gasteiger partial charge in [0, 0.05) is 24.3 Å². The van der Waals surface area contributed by atoms with E-state index < -0.39 is 28.9 Å². The Morgan fingerprint density at radius 1 is 0.541 bits per heavy atom. The fourth-order valence-corrected chi connectivity index (χ4v) is 5.84. The quantitative estimate of drug-likeness (QED) is 0.0756. The standard InChI is InChI=1S/C30H54O6S/c1-3-5-7-9-11-13-15-17-19-21-26(31)30(29(35)36,25-37-24-23-28(33)34)27(32)22-20-18-16-14-12-10-8-6-4-2/h3-25H2,1-2H3,(H,33,34)(H,35,36). The molecule has 0 aliphatic rings. The van der Waals surface area contributed by atoms with Crippen LogP contribution in [0.4, 0.5) is 0 Å². The number of thioether (sulfide) groups is 1. The lowest BCUT2D eigenvalue weighted by molar-refractivity contribution is -0.158. The molecule has 6 nitrogen and oxygen atoms in total. The first-order chi connectivity index (χ1) is 17.8. The summed E-state index contributed by atoms with van der Waals surface area (Å²) in [7, 11) is 0. The van der Waals surface area contributed by atoms with Gasteiger partial charge in [0.15, 0.2) is 17.0 Å². The Bertz CT molecular complexity index is 600. The minimum Gasteiger partial charge on any atom is -0.481 e. The van der Waals surface area contributed by atoms with Crippen LogP contribution >= 0.6 is 11.8 Å². The number of carbonyl (C=O) groups excluding carboxylic acids is 2. The summed E-state index contributed by atoms with van der Waals surface area (Å²) in [5, 5.41) is 19.0. The summed E-state index contributed by atoms with van der Waals surface area (Å²) in [6.45, 7) is 4.39. The van der Waals surface area contributed by atoms with Crippen LogP contribution in [0, 0.1) is 5.41 Å². The Labute approximate surface area is 230 Å². The van der Waals surface area contributed by atoms with Gasteiger partial charge in [-0.3, -0.25) is 19.2 Å². The van der Waals surface area contributed by atoms with Crippen molar-refractivity contribution in [2.75, 3.05) is 11.5 Å². The highest BCUT2D eigenvalue weighted by Crippen LogP contribution is 2.31. The van der Waals surface area contributed by atoms with Gasteiger partial charge in [-0.25, -0.2) is 0 Å². The Balaban J connectivity index is 4.79. The molecule has 0 unspecified atom stereocenters. The Morgan fingerprint density at radius 3 is 1.22 bits per heavy atom. The topological polar surface area (TPSA) is 109 Å². The predicted octanol–water partition coefficient (Wildman–Crippen LogP) is 8.25. The van der Waals surface area contributed by atoms with Crippen molar-refractivity contribution in [3.63, 3.8) is 0 Å². The van der Waals surface area contributed by atoms with E-state index >= 15 is 0 Å². The van der Waals surface area contributed by atoms with Crippen LogP contribution in [0.3, 0.4) is 0 Å². The van der Waals surface area contributed by atoms with E-state index in [4.69, 9.17) is 5.11 Å². The number of carboxylic acid groups (broad SMARTS) is 2. The van der Waals surface area contributed by atoms with Gasteiger partial charge < -0.3 is 10.2 Å². The lowest BCUT2D eigenvalue weighted by atomic mass is 9.77. The predicted molar refractivity (Wildman–Crippen MR) is 153 cm³/mol. The number of rotatable bonds is 28. The first kappa shape index (κ1) is 35.6. The molecule has 0 heterocycles. The normalized spacial score (nSPS) is 11.5. The molecule has 0 aromatic heterocycles. The van der Waals surface area contributed by atoms with Crippen LogP contribution in [-0.2, 0) is 19.2 Å². The van der Waals surface area contributed by atoms with Crippen molar-refractivity contribution in [1.29, 1.82) is 0 Å². The monoisotopic (exact) mass is 542 g/mol. The third kappa shape index (κ3) is 17.0. The number of carboxylic acids is 2. The molecule has 0 spiro atoms. The van der Waals surface area contributed by atoms with Crippen molar-refractivity contribution in [2.24, 2.45) is 5.41 Å². The van der Waals surface area contributed by atoms with Crippen molar-refractivity contribution in [2.45, 2.75) is 149 Å². The lowest BCUT2D eigenvalue weighted by Crippen LogP contribution is -2.48. The Hall–Kier alpha value is -1.37. The van der Waals surface area contributed by atoms with Crippen LogP contribution in [0.2, 0.25) is 0 Å². The van der Waals surface area contributed by atoms with E-state index in [0.29, 0.717) is 12.8 Å². The summed E-state index contributed by atoms with van der Waals surface area (Å²) in [4.78, 5) is 49.7. The van der Waals surface area contributed by atoms with Crippen LogP contribution in [0.5, 0.6) is 0 Å². The maximum atomic E-state index is 13.2. The first-order valence-corrected chi connectivity index (χ1v) is 16.1. The molecule has 0 bridgehead atoms. The van der Waals surface area contributed by atoms with E-state index in [1.165, 1.54) is 64.2 Å². The summed E-state index contributed by atoms with van der Waals surface area (Å²) in [5.74, 6) is -3.37. The molecule has 0 aliphatic heterocycles. The zero-order valence-electron chi connectivity index (χ0n) is 23.7. The summed E-state index contributed by atoms with van der Waals surface area (Å²) in [5.41, 5.74) is -2.05. The van der Waals surface area contributed by atoms with Crippen LogP contribution in [0.15, 0.2) is 0 Å². The molecule has 7 heteroatoms. The largest absolute Gasteiger partial charge is 0.481 e. The second kappa shape index (κ2) is 23.7. The molecule has 0 aliphatic carbocycles. The highest BCUT2D eigenvalue weighted by atomic mass is 32.2. The molecule has 0 rings (SSSR count). The maximum absolute atomic E-state index is 13.2. The lowest BCUT2D eigenvalue weighted by Gasteiger charge is -2.26. The zero-order valence-corrected chi connectivity index (χ0v) is 24.5. The molecular formula is C30H54O6S. The van der Waals surface area contributed by atoms with Gasteiger partial charge >= 0.3 is 11.9 Å². The number of ketones is 2. The van der Waals surface area contributed by atoms with Crippen LogP contribution in [-0.4, -0.2) is 45.2 Å². The van der Waals surface area contributed by atoms with Crippen LogP contribution in [0.25, 0.3) is 0 Å².